The molecular weight excluding hydrogens is 152 g/mol. The van der Waals surface area contributed by atoms with Crippen LogP contribution in [0, 0.1) is 0 Å². The summed E-state index contributed by atoms with van der Waals surface area (Å²) in [7, 11) is -2.84. The first-order valence-electron chi connectivity index (χ1n) is 3.37. The molecule has 0 N–H and O–H groups in total. The lowest BCUT2D eigenvalue weighted by Gasteiger charge is -2.25. The van der Waals surface area contributed by atoms with Crippen LogP contribution in [-0.4, -0.2) is 32.1 Å². The van der Waals surface area contributed by atoms with Crippen LogP contribution >= 0.6 is 0 Å². The molecule has 0 aliphatic carbocycles. The van der Waals surface area contributed by atoms with E-state index in [1.807, 2.05) is 0 Å². The molecule has 4 heteroatoms. The van der Waals surface area contributed by atoms with E-state index in [4.69, 9.17) is 4.74 Å². The van der Waals surface area contributed by atoms with Gasteiger partial charge in [0.1, 0.15) is 0 Å². The van der Waals surface area contributed by atoms with E-state index in [1.54, 1.807) is 13.8 Å². The minimum absolute atomic E-state index is 0.140. The molecule has 1 heterocycles. The summed E-state index contributed by atoms with van der Waals surface area (Å²) in [4.78, 5) is 0. The summed E-state index contributed by atoms with van der Waals surface area (Å²) < 4.78 is 27.4. The van der Waals surface area contributed by atoms with Crippen molar-refractivity contribution in [3.05, 3.63) is 0 Å². The SMILES string of the molecule is C[C@@H]1OCCS(=O)(=O)[C@H]1C. The molecule has 0 amide bonds. The first-order chi connectivity index (χ1) is 4.54. The summed E-state index contributed by atoms with van der Waals surface area (Å²) in [5, 5.41) is -0.332. The van der Waals surface area contributed by atoms with Crippen LogP contribution in [0.2, 0.25) is 0 Å². The maximum atomic E-state index is 11.1. The van der Waals surface area contributed by atoms with Crippen molar-refractivity contribution in [1.29, 1.82) is 0 Å². The van der Waals surface area contributed by atoms with E-state index < -0.39 is 9.84 Å². The fourth-order valence-electron chi connectivity index (χ4n) is 0.964. The molecule has 0 aromatic carbocycles. The minimum atomic E-state index is -2.84. The Bertz CT molecular complexity index is 207. The molecule has 0 unspecified atom stereocenters. The molecule has 0 bridgehead atoms. The molecule has 0 radical (unpaired) electrons. The van der Waals surface area contributed by atoms with Crippen molar-refractivity contribution in [3.8, 4) is 0 Å². The van der Waals surface area contributed by atoms with Crippen molar-refractivity contribution in [1.82, 2.24) is 0 Å². The Hall–Kier alpha value is -0.0900. The van der Waals surface area contributed by atoms with Gasteiger partial charge in [0.25, 0.3) is 0 Å². The van der Waals surface area contributed by atoms with Gasteiger partial charge in [-0.05, 0) is 13.8 Å². The zero-order chi connectivity index (χ0) is 7.78. The summed E-state index contributed by atoms with van der Waals surface area (Å²) in [5.41, 5.74) is 0. The lowest BCUT2D eigenvalue weighted by molar-refractivity contribution is 0.0677. The van der Waals surface area contributed by atoms with E-state index in [-0.39, 0.29) is 17.1 Å². The average molecular weight is 164 g/mol. The van der Waals surface area contributed by atoms with Crippen LogP contribution in [0.5, 0.6) is 0 Å². The molecule has 60 valence electrons. The maximum absolute atomic E-state index is 11.1. The van der Waals surface area contributed by atoms with Gasteiger partial charge in [-0.15, -0.1) is 0 Å². The van der Waals surface area contributed by atoms with Gasteiger partial charge in [-0.25, -0.2) is 8.42 Å². The van der Waals surface area contributed by atoms with Gasteiger partial charge in [0.15, 0.2) is 9.84 Å². The predicted molar refractivity (Wildman–Crippen MR) is 38.7 cm³/mol. The summed E-state index contributed by atoms with van der Waals surface area (Å²) >= 11 is 0. The van der Waals surface area contributed by atoms with Crippen LogP contribution in [-0.2, 0) is 14.6 Å². The quantitative estimate of drug-likeness (QED) is 0.514. The summed E-state index contributed by atoms with van der Waals surface area (Å²) in [6.45, 7) is 3.84. The first-order valence-corrected chi connectivity index (χ1v) is 5.09. The highest BCUT2D eigenvalue weighted by Gasteiger charge is 2.30. The molecule has 10 heavy (non-hydrogen) atoms. The minimum Gasteiger partial charge on any atom is -0.376 e. The van der Waals surface area contributed by atoms with Crippen molar-refractivity contribution in [2.45, 2.75) is 25.2 Å². The standard InChI is InChI=1S/C6H12O3S/c1-5-6(2)10(7,8)4-3-9-5/h5-6H,3-4H2,1-2H3/t5-,6-/m0/s1. The third-order valence-electron chi connectivity index (χ3n) is 1.98. The zero-order valence-electron chi connectivity index (χ0n) is 6.20. The highest BCUT2D eigenvalue weighted by molar-refractivity contribution is 7.92. The van der Waals surface area contributed by atoms with Gasteiger partial charge >= 0.3 is 0 Å². The normalized spacial score (nSPS) is 39.4. The van der Waals surface area contributed by atoms with E-state index in [0.717, 1.165) is 0 Å². The van der Waals surface area contributed by atoms with Crippen molar-refractivity contribution >= 4 is 9.84 Å². The molecule has 0 saturated carbocycles. The molecule has 0 aromatic heterocycles. The second-order valence-corrected chi connectivity index (χ2v) is 5.13. The lowest BCUT2D eigenvalue weighted by atomic mass is 10.3. The van der Waals surface area contributed by atoms with Gasteiger partial charge < -0.3 is 4.74 Å². The second kappa shape index (κ2) is 2.51. The first kappa shape index (κ1) is 8.01. The van der Waals surface area contributed by atoms with E-state index in [2.05, 4.69) is 0 Å². The largest absolute Gasteiger partial charge is 0.376 e. The Balaban J connectivity index is 2.80. The molecule has 0 aromatic rings. The van der Waals surface area contributed by atoms with Gasteiger partial charge in [0.2, 0.25) is 0 Å². The molecule has 1 aliphatic rings. The average Bonchev–Trinajstić information content (AvgIpc) is 1.83. The maximum Gasteiger partial charge on any atom is 0.157 e. The molecule has 3 nitrogen and oxygen atoms in total. The third kappa shape index (κ3) is 1.32. The molecule has 1 fully saturated rings. The topological polar surface area (TPSA) is 43.4 Å². The van der Waals surface area contributed by atoms with Crippen LogP contribution < -0.4 is 0 Å². The van der Waals surface area contributed by atoms with Crippen LogP contribution in [0.15, 0.2) is 0 Å². The van der Waals surface area contributed by atoms with Crippen LogP contribution in [0.1, 0.15) is 13.8 Å². The number of ether oxygens (including phenoxy) is 1. The highest BCUT2D eigenvalue weighted by Crippen LogP contribution is 2.14. The van der Waals surface area contributed by atoms with Gasteiger partial charge in [0, 0.05) is 0 Å². The molecule has 0 spiro atoms. The Morgan fingerprint density at radius 3 is 2.40 bits per heavy atom. The van der Waals surface area contributed by atoms with Crippen molar-refractivity contribution in [2.24, 2.45) is 0 Å². The van der Waals surface area contributed by atoms with Crippen molar-refractivity contribution in [2.75, 3.05) is 12.4 Å². The van der Waals surface area contributed by atoms with E-state index in [0.29, 0.717) is 6.61 Å². The lowest BCUT2D eigenvalue weighted by Crippen LogP contribution is -2.40. The summed E-state index contributed by atoms with van der Waals surface area (Å²) in [6.07, 6.45) is -0.140. The van der Waals surface area contributed by atoms with E-state index >= 15 is 0 Å². The Morgan fingerprint density at radius 2 is 2.00 bits per heavy atom. The summed E-state index contributed by atoms with van der Waals surface area (Å²) in [5.74, 6) is 0.179. The molecule has 1 saturated heterocycles. The van der Waals surface area contributed by atoms with Crippen LogP contribution in [0.3, 0.4) is 0 Å². The summed E-state index contributed by atoms with van der Waals surface area (Å²) in [6, 6.07) is 0. The number of hydrogen-bond donors (Lipinski definition) is 0. The van der Waals surface area contributed by atoms with Crippen LogP contribution in [0.4, 0.5) is 0 Å². The molecule has 1 rings (SSSR count). The van der Waals surface area contributed by atoms with Crippen LogP contribution in [0.25, 0.3) is 0 Å². The van der Waals surface area contributed by atoms with Gasteiger partial charge in [-0.3, -0.25) is 0 Å². The molecule has 1 aliphatic heterocycles. The van der Waals surface area contributed by atoms with Gasteiger partial charge in [-0.2, -0.15) is 0 Å². The van der Waals surface area contributed by atoms with Gasteiger partial charge in [-0.1, -0.05) is 0 Å². The van der Waals surface area contributed by atoms with Gasteiger partial charge in [0.05, 0.1) is 23.7 Å². The highest BCUT2D eigenvalue weighted by atomic mass is 32.2. The fourth-order valence-corrected chi connectivity index (χ4v) is 2.33. The Labute approximate surface area is 61.3 Å². The second-order valence-electron chi connectivity index (χ2n) is 2.65. The fraction of sp³-hybridized carbons (Fsp3) is 1.00. The van der Waals surface area contributed by atoms with Crippen molar-refractivity contribution in [3.63, 3.8) is 0 Å². The Morgan fingerprint density at radius 1 is 1.40 bits per heavy atom. The number of rotatable bonds is 0. The van der Waals surface area contributed by atoms with Crippen molar-refractivity contribution < 1.29 is 13.2 Å². The Kier molecular flexibility index (Phi) is 2.01. The number of hydrogen-bond acceptors (Lipinski definition) is 3. The monoisotopic (exact) mass is 164 g/mol. The third-order valence-corrected chi connectivity index (χ3v) is 4.23. The smallest absolute Gasteiger partial charge is 0.157 e. The van der Waals surface area contributed by atoms with E-state index in [9.17, 15) is 8.42 Å². The molecular formula is C6H12O3S. The van der Waals surface area contributed by atoms with E-state index in [1.165, 1.54) is 0 Å². The predicted octanol–water partition coefficient (Wildman–Crippen LogP) is 0.208. The number of sulfone groups is 1. The molecule has 2 atom stereocenters. The zero-order valence-corrected chi connectivity index (χ0v) is 7.02.